The minimum absolute atomic E-state index is 0.164. The number of nitrogens with one attached hydrogen (secondary N) is 1. The van der Waals surface area contributed by atoms with Crippen molar-refractivity contribution in [2.45, 2.75) is 12.5 Å². The highest BCUT2D eigenvalue weighted by Gasteiger charge is 2.36. The molecular weight excluding hydrogens is 276 g/mol. The average molecular weight is 285 g/mol. The fraction of sp³-hybridized carbons (Fsp3) is 0.333. The molecule has 1 aromatic rings. The summed E-state index contributed by atoms with van der Waals surface area (Å²) in [6, 6.07) is 1.12. The lowest BCUT2D eigenvalue weighted by Gasteiger charge is -2.11. The highest BCUT2D eigenvalue weighted by molar-refractivity contribution is 9.10. The second-order valence-electron chi connectivity index (χ2n) is 3.42. The zero-order valence-electron chi connectivity index (χ0n) is 8.48. The first-order valence-electron chi connectivity index (χ1n) is 4.62. The van der Waals surface area contributed by atoms with E-state index in [1.54, 1.807) is 6.07 Å². The number of carbonyl (C=O) groups excluding carboxylic acids is 2. The monoisotopic (exact) mass is 284 g/mol. The Morgan fingerprint density at radius 3 is 2.81 bits per heavy atom. The van der Waals surface area contributed by atoms with E-state index in [1.165, 1.54) is 13.4 Å². The van der Waals surface area contributed by atoms with E-state index in [0.717, 1.165) is 4.90 Å². The van der Waals surface area contributed by atoms with E-state index in [2.05, 4.69) is 31.2 Å². The molecule has 1 N–H and O–H groups in total. The Hall–Kier alpha value is -1.50. The molecule has 1 atom stereocenters. The van der Waals surface area contributed by atoms with Gasteiger partial charge in [-0.1, -0.05) is 0 Å². The summed E-state index contributed by atoms with van der Waals surface area (Å²) >= 11 is 3.20. The zero-order valence-corrected chi connectivity index (χ0v) is 10.1. The van der Waals surface area contributed by atoms with Gasteiger partial charge in [0, 0.05) is 13.1 Å². The predicted molar refractivity (Wildman–Crippen MR) is 59.5 cm³/mol. The van der Waals surface area contributed by atoms with Crippen LogP contribution in [0.2, 0.25) is 0 Å². The van der Waals surface area contributed by atoms with Gasteiger partial charge in [0.25, 0.3) is 5.91 Å². The fourth-order valence-corrected chi connectivity index (χ4v) is 1.77. The molecule has 0 radical (unpaired) electrons. The first-order valence-corrected chi connectivity index (χ1v) is 5.41. The van der Waals surface area contributed by atoms with Gasteiger partial charge >= 0.3 is 0 Å². The van der Waals surface area contributed by atoms with Gasteiger partial charge in [-0.15, -0.1) is 0 Å². The minimum Gasteiger partial charge on any atom is -0.358 e. The van der Waals surface area contributed by atoms with Crippen molar-refractivity contribution in [1.29, 1.82) is 0 Å². The van der Waals surface area contributed by atoms with Crippen LogP contribution < -0.4 is 5.32 Å². The van der Waals surface area contributed by atoms with Gasteiger partial charge in [-0.3, -0.25) is 14.5 Å². The molecule has 2 heterocycles. The molecule has 16 heavy (non-hydrogen) atoms. The number of hydrogen-bond acceptors (Lipinski definition) is 5. The number of carbonyl (C=O) groups is 2. The van der Waals surface area contributed by atoms with Crippen molar-refractivity contribution in [1.82, 2.24) is 14.9 Å². The molecule has 0 spiro atoms. The van der Waals surface area contributed by atoms with Gasteiger partial charge in [0.1, 0.15) is 22.8 Å². The van der Waals surface area contributed by atoms with Crippen LogP contribution >= 0.6 is 15.9 Å². The number of halogens is 1. The largest absolute Gasteiger partial charge is 0.358 e. The first kappa shape index (κ1) is 11.0. The molecule has 1 aliphatic heterocycles. The van der Waals surface area contributed by atoms with Crippen LogP contribution in [0.15, 0.2) is 17.0 Å². The Balaban J connectivity index is 2.12. The summed E-state index contributed by atoms with van der Waals surface area (Å²) in [5.74, 6) is 0.0960. The fourth-order valence-electron chi connectivity index (χ4n) is 1.46. The zero-order chi connectivity index (χ0) is 11.7. The Bertz CT molecular complexity index is 451. The summed E-state index contributed by atoms with van der Waals surface area (Å²) in [5.41, 5.74) is 0. The summed E-state index contributed by atoms with van der Waals surface area (Å²) < 4.78 is 0.620. The molecule has 0 aromatic carbocycles. The van der Waals surface area contributed by atoms with E-state index in [1.807, 2.05) is 0 Å². The van der Waals surface area contributed by atoms with Gasteiger partial charge in [0.2, 0.25) is 5.91 Å². The summed E-state index contributed by atoms with van der Waals surface area (Å²) in [4.78, 5) is 31.8. The average Bonchev–Trinajstić information content (AvgIpc) is 2.47. The third kappa shape index (κ3) is 2.04. The maximum Gasteiger partial charge on any atom is 0.251 e. The number of anilines is 1. The maximum absolute atomic E-state index is 11.6. The van der Waals surface area contributed by atoms with E-state index in [-0.39, 0.29) is 18.2 Å². The van der Waals surface area contributed by atoms with E-state index >= 15 is 0 Å². The number of likely N-dealkylation sites (N-methyl/N-ethyl adjacent to an activating group) is 1. The normalized spacial score (nSPS) is 20.4. The van der Waals surface area contributed by atoms with Gasteiger partial charge in [-0.05, 0) is 15.9 Å². The Morgan fingerprint density at radius 1 is 1.50 bits per heavy atom. The molecule has 84 valence electrons. The SMILES string of the molecule is CN1C(=O)CC(Nc2cc(Br)ncn2)C1=O. The van der Waals surface area contributed by atoms with E-state index < -0.39 is 6.04 Å². The maximum atomic E-state index is 11.6. The van der Waals surface area contributed by atoms with Crippen LogP contribution in [-0.2, 0) is 9.59 Å². The molecule has 2 rings (SSSR count). The van der Waals surface area contributed by atoms with Crippen molar-refractivity contribution in [2.24, 2.45) is 0 Å². The second-order valence-corrected chi connectivity index (χ2v) is 4.23. The van der Waals surface area contributed by atoms with E-state index in [0.29, 0.717) is 10.4 Å². The number of nitrogens with zero attached hydrogens (tertiary/aromatic N) is 3. The van der Waals surface area contributed by atoms with Crippen molar-refractivity contribution in [3.05, 3.63) is 17.0 Å². The highest BCUT2D eigenvalue weighted by Crippen LogP contribution is 2.17. The molecule has 1 fully saturated rings. The van der Waals surface area contributed by atoms with Crippen LogP contribution in [0.4, 0.5) is 5.82 Å². The topological polar surface area (TPSA) is 75.2 Å². The van der Waals surface area contributed by atoms with Gasteiger partial charge in [-0.25, -0.2) is 9.97 Å². The smallest absolute Gasteiger partial charge is 0.251 e. The molecule has 0 saturated carbocycles. The van der Waals surface area contributed by atoms with E-state index in [9.17, 15) is 9.59 Å². The van der Waals surface area contributed by atoms with Gasteiger partial charge in [-0.2, -0.15) is 0 Å². The molecular formula is C9H9BrN4O2. The lowest BCUT2D eigenvalue weighted by Crippen LogP contribution is -2.32. The van der Waals surface area contributed by atoms with Crippen LogP contribution in [0.5, 0.6) is 0 Å². The first-order chi connectivity index (χ1) is 7.58. The van der Waals surface area contributed by atoms with Crippen molar-refractivity contribution in [3.8, 4) is 0 Å². The molecule has 1 aromatic heterocycles. The van der Waals surface area contributed by atoms with Crippen molar-refractivity contribution < 1.29 is 9.59 Å². The Morgan fingerprint density at radius 2 is 2.25 bits per heavy atom. The molecule has 7 heteroatoms. The van der Waals surface area contributed by atoms with Gasteiger partial charge in [0.05, 0.1) is 6.42 Å². The van der Waals surface area contributed by atoms with Crippen molar-refractivity contribution in [3.63, 3.8) is 0 Å². The summed E-state index contributed by atoms with van der Waals surface area (Å²) in [5, 5.41) is 2.90. The molecule has 1 unspecified atom stereocenters. The number of imide groups is 1. The summed E-state index contributed by atoms with van der Waals surface area (Å²) in [6.45, 7) is 0. The molecule has 1 saturated heterocycles. The predicted octanol–water partition coefficient (Wildman–Crippen LogP) is 0.408. The lowest BCUT2D eigenvalue weighted by atomic mass is 10.2. The van der Waals surface area contributed by atoms with Crippen LogP contribution in [0, 0.1) is 0 Å². The molecule has 0 aliphatic carbocycles. The highest BCUT2D eigenvalue weighted by atomic mass is 79.9. The van der Waals surface area contributed by atoms with Gasteiger partial charge in [0.15, 0.2) is 0 Å². The third-order valence-corrected chi connectivity index (χ3v) is 2.77. The van der Waals surface area contributed by atoms with Crippen molar-refractivity contribution >= 4 is 33.6 Å². The number of hydrogen-bond donors (Lipinski definition) is 1. The molecule has 1 aliphatic rings. The van der Waals surface area contributed by atoms with Crippen LogP contribution in [0.3, 0.4) is 0 Å². The summed E-state index contributed by atoms with van der Waals surface area (Å²) in [6.07, 6.45) is 1.54. The Kier molecular flexibility index (Phi) is 2.86. The lowest BCUT2D eigenvalue weighted by molar-refractivity contribution is -0.136. The minimum atomic E-state index is -0.528. The van der Waals surface area contributed by atoms with E-state index in [4.69, 9.17) is 0 Å². The summed E-state index contributed by atoms with van der Waals surface area (Å²) in [7, 11) is 1.47. The van der Waals surface area contributed by atoms with Gasteiger partial charge < -0.3 is 5.32 Å². The quantitative estimate of drug-likeness (QED) is 0.629. The van der Waals surface area contributed by atoms with Crippen molar-refractivity contribution in [2.75, 3.05) is 12.4 Å². The number of likely N-dealkylation sites (tertiary alicyclic amines) is 1. The number of aromatic nitrogens is 2. The van der Waals surface area contributed by atoms with Crippen LogP contribution in [0.25, 0.3) is 0 Å². The molecule has 2 amide bonds. The molecule has 0 bridgehead atoms. The third-order valence-electron chi connectivity index (χ3n) is 2.34. The van der Waals surface area contributed by atoms with Crippen LogP contribution in [-0.4, -0.2) is 39.8 Å². The Labute approximate surface area is 100 Å². The number of amides is 2. The second kappa shape index (κ2) is 4.17. The molecule has 6 nitrogen and oxygen atoms in total. The number of rotatable bonds is 2. The standard InChI is InChI=1S/C9H9BrN4O2/c1-14-8(15)2-5(9(14)16)13-7-3-6(10)11-4-12-7/h3-5H,2H2,1H3,(H,11,12,13). The van der Waals surface area contributed by atoms with Crippen LogP contribution in [0.1, 0.15) is 6.42 Å².